The SMILES string of the molecule is O=C(CN1CCC(N2CCN(C(=O)[C@@H](CC3=CC=C(O)C(Br)C3)OC(=O)N3CCC(N4CCc5ccccc5NC4=O)CC3)CC2)CC1)NO. The van der Waals surface area contributed by atoms with Crippen LogP contribution in [0.3, 0.4) is 0 Å². The summed E-state index contributed by atoms with van der Waals surface area (Å²) in [6.45, 7) is 5.62. The van der Waals surface area contributed by atoms with Gasteiger partial charge in [-0.2, -0.15) is 0 Å². The number of fused-ring (bicyclic) bond motifs is 1. The smallest absolute Gasteiger partial charge is 0.410 e. The summed E-state index contributed by atoms with van der Waals surface area (Å²) in [4.78, 5) is 61.7. The Morgan fingerprint density at radius 1 is 0.920 bits per heavy atom. The average molecular weight is 759 g/mol. The number of carbonyl (C=O) groups excluding carboxylic acids is 4. The summed E-state index contributed by atoms with van der Waals surface area (Å²) in [5.41, 5.74) is 4.55. The Morgan fingerprint density at radius 3 is 2.32 bits per heavy atom. The van der Waals surface area contributed by atoms with Crippen molar-refractivity contribution in [1.82, 2.24) is 30.0 Å². The summed E-state index contributed by atoms with van der Waals surface area (Å²) in [6.07, 6.45) is 6.44. The molecule has 3 fully saturated rings. The monoisotopic (exact) mass is 757 g/mol. The Kier molecular flexibility index (Phi) is 12.0. The molecular formula is C35H48BrN7O7. The number of halogens is 1. The van der Waals surface area contributed by atoms with Crippen LogP contribution in [0.5, 0.6) is 0 Å². The van der Waals surface area contributed by atoms with Crippen LogP contribution in [-0.2, 0) is 20.7 Å². The van der Waals surface area contributed by atoms with Crippen LogP contribution >= 0.6 is 15.9 Å². The lowest BCUT2D eigenvalue weighted by molar-refractivity contribution is -0.143. The van der Waals surface area contributed by atoms with Gasteiger partial charge in [0.25, 0.3) is 11.8 Å². The molecule has 0 aromatic heterocycles. The van der Waals surface area contributed by atoms with Crippen molar-refractivity contribution in [3.05, 3.63) is 53.3 Å². The molecule has 1 aromatic rings. The molecule has 4 aliphatic heterocycles. The second-order valence-electron chi connectivity index (χ2n) is 13.8. The number of allylic oxidation sites excluding steroid dienone is 3. The number of amides is 5. The average Bonchev–Trinajstić information content (AvgIpc) is 3.31. The molecule has 50 heavy (non-hydrogen) atoms. The van der Waals surface area contributed by atoms with Gasteiger partial charge in [-0.25, -0.2) is 15.1 Å². The summed E-state index contributed by atoms with van der Waals surface area (Å²) in [7, 11) is 0. The van der Waals surface area contributed by atoms with Gasteiger partial charge < -0.3 is 29.9 Å². The Morgan fingerprint density at radius 2 is 1.62 bits per heavy atom. The van der Waals surface area contributed by atoms with E-state index in [2.05, 4.69) is 26.1 Å². The molecule has 1 aliphatic carbocycles. The van der Waals surface area contributed by atoms with Crippen LogP contribution in [0.4, 0.5) is 15.3 Å². The molecule has 0 saturated carbocycles. The lowest BCUT2D eigenvalue weighted by Crippen LogP contribution is -2.56. The zero-order valence-electron chi connectivity index (χ0n) is 28.3. The predicted octanol–water partition coefficient (Wildman–Crippen LogP) is 3.09. The Labute approximate surface area is 301 Å². The topological polar surface area (TPSA) is 158 Å². The third kappa shape index (κ3) is 8.79. The van der Waals surface area contributed by atoms with E-state index in [1.165, 1.54) is 0 Å². The van der Waals surface area contributed by atoms with Crippen LogP contribution in [0.1, 0.15) is 44.1 Å². The quantitative estimate of drug-likeness (QED) is 0.178. The van der Waals surface area contributed by atoms with E-state index in [1.807, 2.05) is 34.1 Å². The number of urea groups is 1. The van der Waals surface area contributed by atoms with Crippen LogP contribution in [0, 0.1) is 0 Å². The summed E-state index contributed by atoms with van der Waals surface area (Å²) >= 11 is 3.49. The first-order chi connectivity index (χ1) is 24.2. The van der Waals surface area contributed by atoms with Gasteiger partial charge in [-0.15, -0.1) is 0 Å². The zero-order chi connectivity index (χ0) is 35.2. The van der Waals surface area contributed by atoms with Crippen molar-refractivity contribution in [2.75, 3.05) is 70.8 Å². The highest BCUT2D eigenvalue weighted by Crippen LogP contribution is 2.29. The highest BCUT2D eigenvalue weighted by atomic mass is 79.9. The normalized spacial score (nSPS) is 23.6. The Hall–Kier alpha value is -3.66. The first-order valence-electron chi connectivity index (χ1n) is 17.7. The highest BCUT2D eigenvalue weighted by Gasteiger charge is 2.37. The minimum absolute atomic E-state index is 0.00270. The number of nitrogens with zero attached hydrogens (tertiary/aromatic N) is 5. The van der Waals surface area contributed by atoms with E-state index < -0.39 is 18.1 Å². The van der Waals surface area contributed by atoms with Gasteiger partial charge in [-0.3, -0.25) is 24.6 Å². The van der Waals surface area contributed by atoms with E-state index in [9.17, 15) is 24.3 Å². The first kappa shape index (κ1) is 36.1. The van der Waals surface area contributed by atoms with Crippen molar-refractivity contribution in [3.63, 3.8) is 0 Å². The second-order valence-corrected chi connectivity index (χ2v) is 14.9. The lowest BCUT2D eigenvalue weighted by Gasteiger charge is -2.43. The molecule has 0 radical (unpaired) electrons. The molecule has 5 aliphatic rings. The number of rotatable bonds is 8. The molecule has 6 rings (SSSR count). The number of aliphatic hydroxyl groups excluding tert-OH is 1. The molecule has 4 heterocycles. The molecule has 1 unspecified atom stereocenters. The number of carbonyl (C=O) groups is 4. The van der Waals surface area contributed by atoms with Crippen molar-refractivity contribution >= 4 is 45.6 Å². The number of hydrogen-bond donors (Lipinski definition) is 4. The van der Waals surface area contributed by atoms with Crippen molar-refractivity contribution < 1.29 is 34.2 Å². The van der Waals surface area contributed by atoms with Crippen LogP contribution in [0.15, 0.2) is 47.7 Å². The van der Waals surface area contributed by atoms with Crippen molar-refractivity contribution in [1.29, 1.82) is 0 Å². The number of nitrogens with one attached hydrogen (secondary N) is 2. The van der Waals surface area contributed by atoms with Gasteiger partial charge in [0.2, 0.25) is 0 Å². The van der Waals surface area contributed by atoms with Crippen molar-refractivity contribution in [2.24, 2.45) is 0 Å². The van der Waals surface area contributed by atoms with E-state index in [-0.39, 0.29) is 41.5 Å². The molecule has 4 N–H and O–H groups in total. The van der Waals surface area contributed by atoms with E-state index in [0.29, 0.717) is 71.1 Å². The molecule has 0 bridgehead atoms. The number of para-hydroxylation sites is 1. The first-order valence-corrected chi connectivity index (χ1v) is 18.6. The molecule has 5 amide bonds. The molecule has 0 spiro atoms. The molecule has 14 nitrogen and oxygen atoms in total. The number of likely N-dealkylation sites (tertiary alicyclic amines) is 2. The van der Waals surface area contributed by atoms with Gasteiger partial charge in [-0.05, 0) is 56.2 Å². The third-order valence-electron chi connectivity index (χ3n) is 10.7. The van der Waals surface area contributed by atoms with E-state index in [0.717, 1.165) is 49.2 Å². The Balaban J connectivity index is 1.03. The van der Waals surface area contributed by atoms with Crippen LogP contribution < -0.4 is 10.8 Å². The highest BCUT2D eigenvalue weighted by molar-refractivity contribution is 9.09. The lowest BCUT2D eigenvalue weighted by atomic mass is 9.97. The van der Waals surface area contributed by atoms with Crippen molar-refractivity contribution in [2.45, 2.75) is 68.0 Å². The van der Waals surface area contributed by atoms with Gasteiger partial charge in [0.1, 0.15) is 5.76 Å². The van der Waals surface area contributed by atoms with Gasteiger partial charge >= 0.3 is 12.1 Å². The van der Waals surface area contributed by atoms with Crippen LogP contribution in [0.25, 0.3) is 0 Å². The predicted molar refractivity (Wildman–Crippen MR) is 189 cm³/mol. The fourth-order valence-electron chi connectivity index (χ4n) is 7.77. The maximum absolute atomic E-state index is 14.0. The Bertz CT molecular complexity index is 1470. The third-order valence-corrected chi connectivity index (χ3v) is 11.5. The van der Waals surface area contributed by atoms with Crippen LogP contribution in [-0.4, -0.2) is 147 Å². The number of hydroxylamine groups is 1. The number of ether oxygens (including phenoxy) is 1. The molecule has 3 saturated heterocycles. The maximum Gasteiger partial charge on any atom is 0.410 e. The van der Waals surface area contributed by atoms with Gasteiger partial charge in [0, 0.05) is 83.1 Å². The number of anilines is 1. The van der Waals surface area contributed by atoms with Gasteiger partial charge in [0.15, 0.2) is 6.10 Å². The number of hydrogen-bond acceptors (Lipinski definition) is 9. The van der Waals surface area contributed by atoms with E-state index >= 15 is 0 Å². The zero-order valence-corrected chi connectivity index (χ0v) is 29.9. The minimum atomic E-state index is -0.998. The fourth-order valence-corrected chi connectivity index (χ4v) is 8.33. The van der Waals surface area contributed by atoms with Crippen molar-refractivity contribution in [3.8, 4) is 0 Å². The molecule has 15 heteroatoms. The summed E-state index contributed by atoms with van der Waals surface area (Å²) in [6, 6.07) is 8.08. The summed E-state index contributed by atoms with van der Waals surface area (Å²) in [5.74, 6) is -0.409. The molecule has 272 valence electrons. The van der Waals surface area contributed by atoms with Gasteiger partial charge in [-0.1, -0.05) is 45.8 Å². The van der Waals surface area contributed by atoms with E-state index in [1.54, 1.807) is 27.4 Å². The fraction of sp³-hybridized carbons (Fsp3) is 0.600. The largest absolute Gasteiger partial charge is 0.511 e. The number of alkyl halides is 1. The molecular weight excluding hydrogens is 710 g/mol. The number of benzene rings is 1. The number of piperidine rings is 2. The minimum Gasteiger partial charge on any atom is -0.511 e. The number of aliphatic hydroxyl groups is 1. The summed E-state index contributed by atoms with van der Waals surface area (Å²) in [5, 5.41) is 21.9. The summed E-state index contributed by atoms with van der Waals surface area (Å²) < 4.78 is 6.02. The molecule has 1 aromatic carbocycles. The maximum atomic E-state index is 14.0. The van der Waals surface area contributed by atoms with Crippen LogP contribution in [0.2, 0.25) is 0 Å². The molecule has 2 atom stereocenters. The standard InChI is InChI=1S/C35H48BrN7O7/c36-28-21-24(5-6-30(28)44)22-31(33(46)41-19-17-40(18-20-41)26-8-12-39(13-9-26)23-32(45)38-49)50-35(48)42-14-10-27(11-15-42)43-16-7-25-3-1-2-4-29(25)37-34(43)47/h1-6,26-28,31,44,49H,7-23H2,(H,37,47)(H,38,45)/t28?,31-/m1/s1. The van der Waals surface area contributed by atoms with Gasteiger partial charge in [0.05, 0.1) is 11.4 Å². The van der Waals surface area contributed by atoms with E-state index in [4.69, 9.17) is 9.94 Å². The number of piperazine rings is 1. The second kappa shape index (κ2) is 16.6.